The van der Waals surface area contributed by atoms with Crippen LogP contribution in [0.3, 0.4) is 0 Å². The molecule has 0 spiro atoms. The lowest BCUT2D eigenvalue weighted by Crippen LogP contribution is -2.46. The smallest absolute Gasteiger partial charge is 0.134 e. The van der Waals surface area contributed by atoms with E-state index in [2.05, 4.69) is 14.8 Å². The minimum atomic E-state index is 0.673. The van der Waals surface area contributed by atoms with Crippen LogP contribution in [0.5, 0.6) is 0 Å². The molecule has 2 N–H and O–H groups in total. The van der Waals surface area contributed by atoms with Crippen LogP contribution in [-0.2, 0) is 6.42 Å². The molecule has 4 aliphatic rings. The van der Waals surface area contributed by atoms with Crippen LogP contribution in [0.2, 0.25) is 0 Å². The third kappa shape index (κ3) is 1.54. The summed E-state index contributed by atoms with van der Waals surface area (Å²) in [7, 11) is 0. The molecule has 4 aliphatic carbocycles. The molecule has 1 heterocycles. The topological polar surface area (TPSA) is 56.7 Å². The fraction of sp³-hybridized carbons (Fsp3) is 0.857. The SMILES string of the molecule is NCCc1nncn1C1C2CC3CC(C2)CC1C3. The van der Waals surface area contributed by atoms with Crippen molar-refractivity contribution >= 4 is 0 Å². The van der Waals surface area contributed by atoms with Crippen molar-refractivity contribution in [3.63, 3.8) is 0 Å². The second kappa shape index (κ2) is 4.05. The molecule has 98 valence electrons. The minimum absolute atomic E-state index is 0.673. The molecule has 0 saturated heterocycles. The molecular weight excluding hydrogens is 224 g/mol. The van der Waals surface area contributed by atoms with Gasteiger partial charge in [0.25, 0.3) is 0 Å². The van der Waals surface area contributed by atoms with E-state index in [1.807, 2.05) is 6.33 Å². The Morgan fingerprint density at radius 3 is 2.39 bits per heavy atom. The van der Waals surface area contributed by atoms with Crippen LogP contribution in [0.15, 0.2) is 6.33 Å². The zero-order valence-electron chi connectivity index (χ0n) is 10.8. The van der Waals surface area contributed by atoms with Gasteiger partial charge in [0.05, 0.1) is 0 Å². The zero-order chi connectivity index (χ0) is 12.1. The van der Waals surface area contributed by atoms with Crippen molar-refractivity contribution < 1.29 is 0 Å². The zero-order valence-corrected chi connectivity index (χ0v) is 10.8. The standard InChI is InChI=1S/C14H22N4/c15-2-1-13-17-16-8-18(13)14-11-4-9-3-10(6-11)7-12(14)5-9/h8-12,14H,1-7,15H2. The minimum Gasteiger partial charge on any atom is -0.330 e. The van der Waals surface area contributed by atoms with Gasteiger partial charge in [0.1, 0.15) is 12.2 Å². The molecule has 4 nitrogen and oxygen atoms in total. The third-order valence-electron chi connectivity index (χ3n) is 5.51. The predicted molar refractivity (Wildman–Crippen MR) is 68.9 cm³/mol. The largest absolute Gasteiger partial charge is 0.330 e. The Bertz CT molecular complexity index is 411. The van der Waals surface area contributed by atoms with Crippen LogP contribution >= 0.6 is 0 Å². The van der Waals surface area contributed by atoms with Gasteiger partial charge in [-0.2, -0.15) is 0 Å². The summed E-state index contributed by atoms with van der Waals surface area (Å²) in [6.45, 7) is 0.673. The van der Waals surface area contributed by atoms with Gasteiger partial charge >= 0.3 is 0 Å². The average Bonchev–Trinajstić information content (AvgIpc) is 2.76. The highest BCUT2D eigenvalue weighted by Gasteiger charge is 2.49. The second-order valence-electron chi connectivity index (χ2n) is 6.61. The highest BCUT2D eigenvalue weighted by Crippen LogP contribution is 2.58. The monoisotopic (exact) mass is 246 g/mol. The van der Waals surface area contributed by atoms with Gasteiger partial charge in [-0.05, 0) is 62.3 Å². The van der Waals surface area contributed by atoms with Crippen molar-refractivity contribution in [2.75, 3.05) is 6.54 Å². The molecule has 4 heteroatoms. The summed E-state index contributed by atoms with van der Waals surface area (Å²) in [5, 5.41) is 8.40. The van der Waals surface area contributed by atoms with E-state index in [0.29, 0.717) is 12.6 Å². The Hall–Kier alpha value is -0.900. The fourth-order valence-electron chi connectivity index (χ4n) is 5.17. The Balaban J connectivity index is 1.66. The number of rotatable bonds is 3. The van der Waals surface area contributed by atoms with Crippen molar-refractivity contribution in [1.82, 2.24) is 14.8 Å². The summed E-state index contributed by atoms with van der Waals surface area (Å²) in [6.07, 6.45) is 10.1. The molecule has 0 unspecified atom stereocenters. The summed E-state index contributed by atoms with van der Waals surface area (Å²) < 4.78 is 2.37. The summed E-state index contributed by atoms with van der Waals surface area (Å²) in [6, 6.07) is 0.675. The van der Waals surface area contributed by atoms with Gasteiger partial charge in [-0.15, -0.1) is 10.2 Å². The molecule has 0 atom stereocenters. The van der Waals surface area contributed by atoms with E-state index in [1.54, 1.807) is 0 Å². The molecule has 0 amide bonds. The lowest BCUT2D eigenvalue weighted by Gasteiger charge is -2.54. The molecule has 1 aromatic rings. The van der Waals surface area contributed by atoms with E-state index in [0.717, 1.165) is 35.9 Å². The van der Waals surface area contributed by atoms with Crippen LogP contribution in [0, 0.1) is 23.7 Å². The highest BCUT2D eigenvalue weighted by molar-refractivity contribution is 5.03. The second-order valence-corrected chi connectivity index (χ2v) is 6.61. The van der Waals surface area contributed by atoms with E-state index in [1.165, 1.54) is 32.1 Å². The lowest BCUT2D eigenvalue weighted by atomic mass is 9.54. The van der Waals surface area contributed by atoms with Crippen molar-refractivity contribution in [3.05, 3.63) is 12.2 Å². The molecule has 4 fully saturated rings. The molecule has 5 rings (SSSR count). The first-order valence-corrected chi connectivity index (χ1v) is 7.43. The van der Waals surface area contributed by atoms with Crippen LogP contribution < -0.4 is 5.73 Å². The third-order valence-corrected chi connectivity index (χ3v) is 5.51. The van der Waals surface area contributed by atoms with Crippen molar-refractivity contribution in [2.24, 2.45) is 29.4 Å². The molecule has 18 heavy (non-hydrogen) atoms. The Labute approximate surface area is 108 Å². The first kappa shape index (κ1) is 11.0. The van der Waals surface area contributed by atoms with Crippen LogP contribution in [-0.4, -0.2) is 21.3 Å². The first-order chi connectivity index (χ1) is 8.85. The van der Waals surface area contributed by atoms with E-state index in [9.17, 15) is 0 Å². The maximum atomic E-state index is 5.68. The van der Waals surface area contributed by atoms with E-state index in [4.69, 9.17) is 5.73 Å². The predicted octanol–water partition coefficient (Wildman–Crippen LogP) is 1.78. The van der Waals surface area contributed by atoms with Gasteiger partial charge < -0.3 is 10.3 Å². The van der Waals surface area contributed by atoms with Gasteiger partial charge in [0, 0.05) is 12.5 Å². The van der Waals surface area contributed by atoms with E-state index in [-0.39, 0.29) is 0 Å². The molecular formula is C14H22N4. The fourth-order valence-corrected chi connectivity index (χ4v) is 5.17. The summed E-state index contributed by atoms with van der Waals surface area (Å²) in [5.41, 5.74) is 5.68. The quantitative estimate of drug-likeness (QED) is 0.884. The number of hydrogen-bond donors (Lipinski definition) is 1. The summed E-state index contributed by atoms with van der Waals surface area (Å²) >= 11 is 0. The number of nitrogens with zero attached hydrogens (tertiary/aromatic N) is 3. The van der Waals surface area contributed by atoms with Crippen molar-refractivity contribution in [1.29, 1.82) is 0 Å². The van der Waals surface area contributed by atoms with Gasteiger partial charge in [0.2, 0.25) is 0 Å². The molecule has 1 aromatic heterocycles. The lowest BCUT2D eigenvalue weighted by molar-refractivity contribution is -0.0302. The Morgan fingerprint density at radius 2 is 1.78 bits per heavy atom. The van der Waals surface area contributed by atoms with E-state index < -0.39 is 0 Å². The Kier molecular flexibility index (Phi) is 2.47. The van der Waals surface area contributed by atoms with Gasteiger partial charge in [-0.1, -0.05) is 0 Å². The van der Waals surface area contributed by atoms with Gasteiger partial charge in [0.15, 0.2) is 0 Å². The van der Waals surface area contributed by atoms with Crippen LogP contribution in [0.25, 0.3) is 0 Å². The molecule has 4 saturated carbocycles. The van der Waals surface area contributed by atoms with Crippen LogP contribution in [0.1, 0.15) is 44.0 Å². The molecule has 4 bridgehead atoms. The van der Waals surface area contributed by atoms with Crippen LogP contribution in [0.4, 0.5) is 0 Å². The Morgan fingerprint density at radius 1 is 1.11 bits per heavy atom. The molecule has 0 radical (unpaired) electrons. The maximum absolute atomic E-state index is 5.68. The maximum Gasteiger partial charge on any atom is 0.134 e. The van der Waals surface area contributed by atoms with Crippen molar-refractivity contribution in [2.45, 2.75) is 44.6 Å². The first-order valence-electron chi connectivity index (χ1n) is 7.43. The normalized spacial score (nSPS) is 41.5. The highest BCUT2D eigenvalue weighted by atomic mass is 15.3. The molecule has 0 aromatic carbocycles. The number of hydrogen-bond acceptors (Lipinski definition) is 3. The van der Waals surface area contributed by atoms with Crippen molar-refractivity contribution in [3.8, 4) is 0 Å². The molecule has 0 aliphatic heterocycles. The number of nitrogens with two attached hydrogens (primary N) is 1. The van der Waals surface area contributed by atoms with Gasteiger partial charge in [-0.3, -0.25) is 0 Å². The van der Waals surface area contributed by atoms with Gasteiger partial charge in [-0.25, -0.2) is 0 Å². The van der Waals surface area contributed by atoms with E-state index >= 15 is 0 Å². The number of aromatic nitrogens is 3. The summed E-state index contributed by atoms with van der Waals surface area (Å²) in [5.74, 6) is 4.92. The summed E-state index contributed by atoms with van der Waals surface area (Å²) in [4.78, 5) is 0. The average molecular weight is 246 g/mol.